The van der Waals surface area contributed by atoms with Crippen molar-refractivity contribution in [2.45, 2.75) is 104 Å². The summed E-state index contributed by atoms with van der Waals surface area (Å²) in [4.78, 5) is 13.0. The van der Waals surface area contributed by atoms with Crippen molar-refractivity contribution in [1.29, 1.82) is 0 Å². The first kappa shape index (κ1) is 30.8. The number of rotatable bonds is 19. The Morgan fingerprint density at radius 1 is 0.872 bits per heavy atom. The van der Waals surface area contributed by atoms with Crippen LogP contribution in [0, 0.1) is 12.7 Å². The Morgan fingerprint density at radius 2 is 1.51 bits per heavy atom. The number of para-hydroxylation sites is 2. The summed E-state index contributed by atoms with van der Waals surface area (Å²) in [6.45, 7) is 5.47. The lowest BCUT2D eigenvalue weighted by Gasteiger charge is -2.13. The van der Waals surface area contributed by atoms with Gasteiger partial charge in [-0.05, 0) is 18.6 Å². The largest absolute Gasteiger partial charge is 0.490 e. The van der Waals surface area contributed by atoms with Crippen LogP contribution in [0.3, 0.4) is 0 Å². The number of benzene rings is 2. The minimum atomic E-state index is -0.413. The first-order chi connectivity index (χ1) is 19.1. The second kappa shape index (κ2) is 17.8. The van der Waals surface area contributed by atoms with Crippen LogP contribution in [0.4, 0.5) is 10.1 Å². The number of carbonyl (C=O) groups is 1. The molecule has 0 spiro atoms. The van der Waals surface area contributed by atoms with Crippen molar-refractivity contribution >= 4 is 22.9 Å². The summed E-state index contributed by atoms with van der Waals surface area (Å²) in [7, 11) is 0. The molecule has 1 heterocycles. The molecule has 0 fully saturated rings. The van der Waals surface area contributed by atoms with Gasteiger partial charge in [-0.1, -0.05) is 119 Å². The van der Waals surface area contributed by atoms with Crippen LogP contribution in [0.1, 0.15) is 101 Å². The molecule has 0 aliphatic carbocycles. The molecule has 0 saturated heterocycles. The summed E-state index contributed by atoms with van der Waals surface area (Å²) in [6, 6.07) is 12.6. The quantitative estimate of drug-likeness (QED) is 0.119. The molecule has 4 nitrogen and oxygen atoms in total. The molecule has 3 aromatic rings. The van der Waals surface area contributed by atoms with Crippen LogP contribution in [0.25, 0.3) is 0 Å². The molecule has 2 aromatic carbocycles. The van der Waals surface area contributed by atoms with Gasteiger partial charge in [-0.15, -0.1) is 0 Å². The van der Waals surface area contributed by atoms with Crippen molar-refractivity contribution in [2.24, 2.45) is 0 Å². The van der Waals surface area contributed by atoms with Crippen LogP contribution in [0.2, 0.25) is 0 Å². The molecule has 0 radical (unpaired) electrons. The first-order valence-corrected chi connectivity index (χ1v) is 15.7. The zero-order valence-electron chi connectivity index (χ0n) is 23.9. The topological polar surface area (TPSA) is 42.2 Å². The second-order valence-corrected chi connectivity index (χ2v) is 11.2. The van der Waals surface area contributed by atoms with Crippen LogP contribution in [0.15, 0.2) is 53.4 Å². The van der Waals surface area contributed by atoms with Gasteiger partial charge in [0.1, 0.15) is 0 Å². The van der Waals surface area contributed by atoms with E-state index < -0.39 is 5.82 Å². The molecule has 0 aliphatic rings. The number of ether oxygens (including phenoxy) is 1. The number of amides is 1. The van der Waals surface area contributed by atoms with E-state index in [2.05, 4.69) is 34.6 Å². The number of aromatic nitrogens is 1. The fourth-order valence-corrected chi connectivity index (χ4v) is 5.60. The van der Waals surface area contributed by atoms with Gasteiger partial charge >= 0.3 is 0 Å². The van der Waals surface area contributed by atoms with Crippen molar-refractivity contribution in [3.63, 3.8) is 0 Å². The normalized spacial score (nSPS) is 11.1. The van der Waals surface area contributed by atoms with Crippen molar-refractivity contribution in [1.82, 2.24) is 0 Å². The maximum atomic E-state index is 14.6. The van der Waals surface area contributed by atoms with E-state index in [1.54, 1.807) is 23.5 Å². The molecule has 212 valence electrons. The first-order valence-electron chi connectivity index (χ1n) is 14.8. The molecule has 1 amide bonds. The predicted molar refractivity (Wildman–Crippen MR) is 160 cm³/mol. The number of hydrogen-bond acceptors (Lipinski definition) is 3. The molecule has 0 aliphatic heterocycles. The average Bonchev–Trinajstić information content (AvgIpc) is 3.33. The van der Waals surface area contributed by atoms with Crippen LogP contribution in [-0.2, 0) is 17.8 Å². The Labute approximate surface area is 238 Å². The molecule has 0 atom stereocenters. The highest BCUT2D eigenvalue weighted by Gasteiger charge is 2.16. The summed E-state index contributed by atoms with van der Waals surface area (Å²) < 4.78 is 22.6. The molecule has 0 bridgehead atoms. The minimum Gasteiger partial charge on any atom is -0.490 e. The molecule has 1 N–H and O–H groups in total. The van der Waals surface area contributed by atoms with Crippen LogP contribution < -0.4 is 14.6 Å². The third kappa shape index (κ3) is 11.1. The third-order valence-corrected chi connectivity index (χ3v) is 8.01. The van der Waals surface area contributed by atoms with Crippen LogP contribution >= 0.6 is 11.3 Å². The van der Waals surface area contributed by atoms with Gasteiger partial charge in [0.2, 0.25) is 11.4 Å². The Morgan fingerprint density at radius 3 is 2.18 bits per heavy atom. The van der Waals surface area contributed by atoms with Crippen molar-refractivity contribution < 1.29 is 18.5 Å². The van der Waals surface area contributed by atoms with Gasteiger partial charge in [-0.25, -0.2) is 4.39 Å². The van der Waals surface area contributed by atoms with Crippen LogP contribution in [0.5, 0.6) is 5.75 Å². The molecule has 3 rings (SSSR count). The number of thiazole rings is 1. The number of nitrogens with one attached hydrogen (secondary N) is 1. The molecule has 1 aromatic heterocycles. The van der Waals surface area contributed by atoms with Gasteiger partial charge in [0.15, 0.2) is 23.8 Å². The van der Waals surface area contributed by atoms with E-state index in [4.69, 9.17) is 4.74 Å². The van der Waals surface area contributed by atoms with Crippen LogP contribution in [-0.4, -0.2) is 12.5 Å². The van der Waals surface area contributed by atoms with Gasteiger partial charge in [0.25, 0.3) is 0 Å². The number of aryl methyl sites for hydroxylation is 1. The summed E-state index contributed by atoms with van der Waals surface area (Å²) in [6.07, 6.45) is 15.3. The van der Waals surface area contributed by atoms with Crippen molar-refractivity contribution in [3.05, 3.63) is 76.0 Å². The van der Waals surface area contributed by atoms with Gasteiger partial charge in [0.05, 0.1) is 24.1 Å². The Balaban J connectivity index is 1.40. The molecular formula is C33H46FN2O2S+. The molecule has 0 saturated carbocycles. The molecule has 39 heavy (non-hydrogen) atoms. The zero-order chi connectivity index (χ0) is 27.7. The summed E-state index contributed by atoms with van der Waals surface area (Å²) in [5.41, 5.74) is 5.62. The van der Waals surface area contributed by atoms with E-state index in [0.29, 0.717) is 18.7 Å². The Kier molecular flexibility index (Phi) is 14.0. The van der Waals surface area contributed by atoms with Gasteiger partial charge in [0, 0.05) is 18.1 Å². The zero-order valence-corrected chi connectivity index (χ0v) is 24.7. The fraction of sp³-hybridized carbons (Fsp3) is 0.515. The van der Waals surface area contributed by atoms with E-state index in [1.165, 1.54) is 76.0 Å². The summed E-state index contributed by atoms with van der Waals surface area (Å²) in [5.74, 6) is -0.396. The highest BCUT2D eigenvalue weighted by molar-refractivity contribution is 7.07. The lowest BCUT2D eigenvalue weighted by Crippen LogP contribution is -2.34. The van der Waals surface area contributed by atoms with Gasteiger partial charge in [-0.3, -0.25) is 4.79 Å². The monoisotopic (exact) mass is 553 g/mol. The number of nitrogens with zero attached hydrogens (tertiary/aromatic N) is 1. The number of unbranched alkanes of at least 4 members (excludes halogenated alkanes) is 11. The third-order valence-electron chi connectivity index (χ3n) is 7.16. The maximum Gasteiger partial charge on any atom is 0.228 e. The lowest BCUT2D eigenvalue weighted by molar-refractivity contribution is -0.689. The van der Waals surface area contributed by atoms with Gasteiger partial charge < -0.3 is 10.1 Å². The number of anilines is 1. The van der Waals surface area contributed by atoms with E-state index in [1.807, 2.05) is 24.3 Å². The lowest BCUT2D eigenvalue weighted by atomic mass is 10.1. The van der Waals surface area contributed by atoms with E-state index in [0.717, 1.165) is 24.1 Å². The van der Waals surface area contributed by atoms with Gasteiger partial charge in [-0.2, -0.15) is 4.57 Å². The predicted octanol–water partition coefficient (Wildman–Crippen LogP) is 8.79. The standard InChI is InChI=1S/C33H45FN2O2S/c1-3-4-5-6-7-8-9-10-11-12-13-16-22-38-33-28(19-17-20-30(33)34)23-32(37)35-31-21-15-14-18-29(31)24-36-26-39-25-27(36)2/h14-15,17-21,25-26H,3-13,16,22-24H2,1-2H3/p+1. The smallest absolute Gasteiger partial charge is 0.228 e. The van der Waals surface area contributed by atoms with E-state index in [-0.39, 0.29) is 18.1 Å². The summed E-state index contributed by atoms with van der Waals surface area (Å²) in [5, 5.41) is 5.13. The maximum absolute atomic E-state index is 14.6. The minimum absolute atomic E-state index is 0.0600. The molecule has 0 unspecified atom stereocenters. The van der Waals surface area contributed by atoms with E-state index >= 15 is 0 Å². The molecular weight excluding hydrogens is 507 g/mol. The summed E-state index contributed by atoms with van der Waals surface area (Å²) >= 11 is 1.65. The number of hydrogen-bond donors (Lipinski definition) is 1. The second-order valence-electron chi connectivity index (χ2n) is 10.5. The van der Waals surface area contributed by atoms with Crippen molar-refractivity contribution in [2.75, 3.05) is 11.9 Å². The highest BCUT2D eigenvalue weighted by atomic mass is 32.1. The van der Waals surface area contributed by atoms with Crippen molar-refractivity contribution in [3.8, 4) is 5.75 Å². The molecule has 6 heteroatoms. The Bertz CT molecular complexity index is 1130. The Hall–Kier alpha value is -2.73. The highest BCUT2D eigenvalue weighted by Crippen LogP contribution is 2.25. The fourth-order valence-electron chi connectivity index (χ4n) is 4.82. The SMILES string of the molecule is CCCCCCCCCCCCCCOc1c(F)cccc1CC(=O)Nc1ccccc1C[n+]1cscc1C. The number of halogens is 1. The number of carbonyl (C=O) groups excluding carboxylic acids is 1. The average molecular weight is 554 g/mol. The van der Waals surface area contributed by atoms with E-state index in [9.17, 15) is 9.18 Å².